The number of thiophene rings is 1. The number of nitriles is 1. The number of hydrogen-bond donors (Lipinski definition) is 1. The van der Waals surface area contributed by atoms with Crippen LogP contribution in [0.2, 0.25) is 0 Å². The van der Waals surface area contributed by atoms with Crippen molar-refractivity contribution in [3.05, 3.63) is 52.1 Å². The fourth-order valence-electron chi connectivity index (χ4n) is 3.02. The molecule has 0 saturated heterocycles. The molecule has 0 aliphatic heterocycles. The third kappa shape index (κ3) is 5.02. The number of carbonyl (C=O) groups excluding carboxylic acids is 1. The summed E-state index contributed by atoms with van der Waals surface area (Å²) < 4.78 is 11.7. The van der Waals surface area contributed by atoms with Gasteiger partial charge in [0.05, 0.1) is 18.5 Å². The number of aromatic nitrogens is 1. The largest absolute Gasteiger partial charge is 0.467 e. The standard InChI is InChI=1S/C22H23N5O3S/c1-13(24)9-17-15(11-23)19-20(31-17)16(10-18(25-5)26-19)27(12-14-7-6-8-29-14)21(28)30-22(2,3)4/h6-8,10,13H,9,12,24H2,1-4H3/t13-/m0/s1. The molecule has 0 saturated carbocycles. The fraction of sp³-hybridized carbons (Fsp3) is 0.364. The highest BCUT2D eigenvalue weighted by Crippen LogP contribution is 2.40. The molecule has 2 N–H and O–H groups in total. The van der Waals surface area contributed by atoms with Gasteiger partial charge in [-0.2, -0.15) is 5.26 Å². The van der Waals surface area contributed by atoms with Gasteiger partial charge in [0.15, 0.2) is 5.52 Å². The van der Waals surface area contributed by atoms with E-state index in [1.807, 2.05) is 6.92 Å². The Balaban J connectivity index is 2.23. The maximum absolute atomic E-state index is 13.2. The molecule has 3 heterocycles. The summed E-state index contributed by atoms with van der Waals surface area (Å²) in [6.45, 7) is 14.8. The Morgan fingerprint density at radius 2 is 2.26 bits per heavy atom. The molecule has 3 rings (SSSR count). The summed E-state index contributed by atoms with van der Waals surface area (Å²) in [5.41, 5.74) is 6.45. The van der Waals surface area contributed by atoms with E-state index in [-0.39, 0.29) is 18.4 Å². The van der Waals surface area contributed by atoms with Crippen molar-refractivity contribution in [2.45, 2.75) is 52.3 Å². The van der Waals surface area contributed by atoms with E-state index < -0.39 is 11.7 Å². The fourth-order valence-corrected chi connectivity index (χ4v) is 4.37. The number of anilines is 1. The number of fused-ring (bicyclic) bond motifs is 1. The molecule has 0 fully saturated rings. The van der Waals surface area contributed by atoms with E-state index in [4.69, 9.17) is 21.5 Å². The lowest BCUT2D eigenvalue weighted by molar-refractivity contribution is 0.0575. The highest BCUT2D eigenvalue weighted by Gasteiger charge is 2.29. The number of nitrogens with two attached hydrogens (primary N) is 1. The Morgan fingerprint density at radius 3 is 2.81 bits per heavy atom. The summed E-state index contributed by atoms with van der Waals surface area (Å²) in [5.74, 6) is 0.630. The van der Waals surface area contributed by atoms with Crippen LogP contribution < -0.4 is 10.6 Å². The first kappa shape index (κ1) is 22.3. The Morgan fingerprint density at radius 1 is 1.52 bits per heavy atom. The van der Waals surface area contributed by atoms with Crippen LogP contribution in [0.4, 0.5) is 16.3 Å². The maximum Gasteiger partial charge on any atom is 0.415 e. The van der Waals surface area contributed by atoms with Crippen molar-refractivity contribution >= 4 is 39.2 Å². The highest BCUT2D eigenvalue weighted by molar-refractivity contribution is 7.20. The molecule has 9 heteroatoms. The number of ether oxygens (including phenoxy) is 1. The molecule has 160 valence electrons. The monoisotopic (exact) mass is 437 g/mol. The lowest BCUT2D eigenvalue weighted by Gasteiger charge is -2.27. The number of amides is 1. The summed E-state index contributed by atoms with van der Waals surface area (Å²) in [6.07, 6.45) is 1.42. The topological polar surface area (TPSA) is 110 Å². The van der Waals surface area contributed by atoms with E-state index in [9.17, 15) is 10.1 Å². The maximum atomic E-state index is 13.2. The van der Waals surface area contributed by atoms with Gasteiger partial charge in [-0.1, -0.05) is 6.57 Å². The average molecular weight is 438 g/mol. The van der Waals surface area contributed by atoms with Gasteiger partial charge in [0.25, 0.3) is 5.82 Å². The molecule has 1 amide bonds. The summed E-state index contributed by atoms with van der Waals surface area (Å²) in [4.78, 5) is 23.1. The quantitative estimate of drug-likeness (QED) is 0.553. The molecular formula is C22H23N5O3S. The molecule has 0 aromatic carbocycles. The molecular weight excluding hydrogens is 414 g/mol. The number of nitrogens with zero attached hydrogens (tertiary/aromatic N) is 4. The van der Waals surface area contributed by atoms with Crippen LogP contribution in [0.25, 0.3) is 15.1 Å². The molecule has 0 spiro atoms. The third-order valence-electron chi connectivity index (χ3n) is 4.21. The minimum atomic E-state index is -0.722. The summed E-state index contributed by atoms with van der Waals surface area (Å²) in [7, 11) is 0. The summed E-state index contributed by atoms with van der Waals surface area (Å²) in [5, 5.41) is 9.76. The van der Waals surface area contributed by atoms with E-state index >= 15 is 0 Å². The van der Waals surface area contributed by atoms with Crippen molar-refractivity contribution in [3.8, 4) is 6.07 Å². The van der Waals surface area contributed by atoms with Gasteiger partial charge in [0, 0.05) is 10.9 Å². The van der Waals surface area contributed by atoms with Crippen molar-refractivity contribution in [2.75, 3.05) is 4.90 Å². The predicted octanol–water partition coefficient (Wildman–Crippen LogP) is 5.14. The second-order valence-corrected chi connectivity index (χ2v) is 9.23. The minimum Gasteiger partial charge on any atom is -0.467 e. The van der Waals surface area contributed by atoms with E-state index in [1.165, 1.54) is 28.6 Å². The lowest BCUT2D eigenvalue weighted by atomic mass is 10.1. The van der Waals surface area contributed by atoms with E-state index in [0.29, 0.717) is 33.6 Å². The minimum absolute atomic E-state index is 0.0807. The average Bonchev–Trinajstić information content (AvgIpc) is 3.30. The second kappa shape index (κ2) is 8.76. The van der Waals surface area contributed by atoms with Gasteiger partial charge in [-0.05, 0) is 52.3 Å². The first-order chi connectivity index (χ1) is 14.6. The third-order valence-corrected chi connectivity index (χ3v) is 5.44. The van der Waals surface area contributed by atoms with Crippen LogP contribution in [0.15, 0.2) is 28.9 Å². The van der Waals surface area contributed by atoms with Crippen LogP contribution in [-0.4, -0.2) is 22.7 Å². The van der Waals surface area contributed by atoms with Crippen molar-refractivity contribution in [1.29, 1.82) is 5.26 Å². The molecule has 0 aliphatic carbocycles. The van der Waals surface area contributed by atoms with Crippen molar-refractivity contribution in [1.82, 2.24) is 4.98 Å². The molecule has 0 radical (unpaired) electrons. The number of furan rings is 1. The SMILES string of the molecule is [C-]#[N+]c1cc(N(Cc2ccco2)C(=O)OC(C)(C)C)c2sc(C[C@H](C)N)c(C#N)c2n1. The first-order valence-electron chi connectivity index (χ1n) is 9.65. The zero-order valence-electron chi connectivity index (χ0n) is 17.8. The molecule has 31 heavy (non-hydrogen) atoms. The molecule has 8 nitrogen and oxygen atoms in total. The van der Waals surface area contributed by atoms with Gasteiger partial charge in [0.2, 0.25) is 0 Å². The Kier molecular flexibility index (Phi) is 6.30. The lowest BCUT2D eigenvalue weighted by Crippen LogP contribution is -2.36. The number of carbonyl (C=O) groups is 1. The van der Waals surface area contributed by atoms with Crippen LogP contribution in [0.1, 0.15) is 43.9 Å². The molecule has 0 unspecified atom stereocenters. The molecule has 0 aliphatic rings. The molecule has 0 bridgehead atoms. The van der Waals surface area contributed by atoms with Gasteiger partial charge >= 0.3 is 6.09 Å². The van der Waals surface area contributed by atoms with Gasteiger partial charge in [-0.3, -0.25) is 4.90 Å². The second-order valence-electron chi connectivity index (χ2n) is 8.13. The number of pyridine rings is 1. The van der Waals surface area contributed by atoms with Crippen molar-refractivity contribution < 1.29 is 13.9 Å². The van der Waals surface area contributed by atoms with Gasteiger partial charge in [-0.25, -0.2) is 4.79 Å². The van der Waals surface area contributed by atoms with Crippen LogP contribution in [0, 0.1) is 17.9 Å². The van der Waals surface area contributed by atoms with Crippen LogP contribution in [0.5, 0.6) is 0 Å². The van der Waals surface area contributed by atoms with E-state index in [0.717, 1.165) is 4.88 Å². The molecule has 3 aromatic rings. The Bertz CT molecular complexity index is 1180. The highest BCUT2D eigenvalue weighted by atomic mass is 32.1. The summed E-state index contributed by atoms with van der Waals surface area (Å²) in [6, 6.07) is 7.05. The van der Waals surface area contributed by atoms with Gasteiger partial charge < -0.3 is 19.7 Å². The Hall–Kier alpha value is -3.40. The van der Waals surface area contributed by atoms with E-state index in [2.05, 4.69) is 15.9 Å². The first-order valence-corrected chi connectivity index (χ1v) is 10.5. The van der Waals surface area contributed by atoms with Crippen molar-refractivity contribution in [2.24, 2.45) is 5.73 Å². The number of rotatable bonds is 5. The van der Waals surface area contributed by atoms with Gasteiger partial charge in [-0.15, -0.1) is 16.3 Å². The van der Waals surface area contributed by atoms with Crippen LogP contribution in [-0.2, 0) is 17.7 Å². The normalized spacial score (nSPS) is 12.2. The molecule has 1 atom stereocenters. The van der Waals surface area contributed by atoms with Crippen molar-refractivity contribution in [3.63, 3.8) is 0 Å². The predicted molar refractivity (Wildman–Crippen MR) is 119 cm³/mol. The van der Waals surface area contributed by atoms with Crippen LogP contribution >= 0.6 is 11.3 Å². The summed E-state index contributed by atoms with van der Waals surface area (Å²) >= 11 is 1.35. The Labute approximate surface area is 184 Å². The number of hydrogen-bond acceptors (Lipinski definition) is 7. The van der Waals surface area contributed by atoms with E-state index in [1.54, 1.807) is 32.9 Å². The van der Waals surface area contributed by atoms with Crippen LogP contribution in [0.3, 0.4) is 0 Å². The zero-order valence-corrected chi connectivity index (χ0v) is 18.6. The smallest absolute Gasteiger partial charge is 0.415 e. The molecule has 3 aromatic heterocycles. The van der Waals surface area contributed by atoms with Gasteiger partial charge in [0.1, 0.15) is 27.7 Å². The zero-order chi connectivity index (χ0) is 22.8.